The number of halogens is 1. The van der Waals surface area contributed by atoms with E-state index in [1.54, 1.807) is 26.4 Å². The molecule has 4 aromatic rings. The van der Waals surface area contributed by atoms with Crippen molar-refractivity contribution in [3.63, 3.8) is 0 Å². The Morgan fingerprint density at radius 2 is 0.871 bits per heavy atom. The van der Waals surface area contributed by atoms with Gasteiger partial charge in [0.05, 0.1) is 19.6 Å². The number of methoxy groups -OCH3 is 2. The van der Waals surface area contributed by atoms with Gasteiger partial charge in [-0.15, -0.1) is 0 Å². The van der Waals surface area contributed by atoms with E-state index in [4.69, 9.17) is 9.47 Å². The lowest BCUT2D eigenvalue weighted by Gasteiger charge is -2.37. The fraction of sp³-hybridized carbons (Fsp3) is 0.111. The molecule has 0 spiro atoms. The summed E-state index contributed by atoms with van der Waals surface area (Å²) in [6.45, 7) is 0. The first-order chi connectivity index (χ1) is 15.1. The lowest BCUT2D eigenvalue weighted by Crippen LogP contribution is -2.31. The number of aromatic hydroxyl groups is 1. The molecule has 0 saturated heterocycles. The van der Waals surface area contributed by atoms with Gasteiger partial charge in [0.15, 0.2) is 0 Å². The van der Waals surface area contributed by atoms with Crippen LogP contribution in [0.1, 0.15) is 22.3 Å². The first-order valence-corrected chi connectivity index (χ1v) is 10.7. The van der Waals surface area contributed by atoms with E-state index in [0.717, 1.165) is 38.2 Å². The van der Waals surface area contributed by atoms with Crippen LogP contribution in [0, 0.1) is 0 Å². The Morgan fingerprint density at radius 3 is 1.23 bits per heavy atom. The summed E-state index contributed by atoms with van der Waals surface area (Å²) in [5, 5.41) is 9.97. The second kappa shape index (κ2) is 8.86. The van der Waals surface area contributed by atoms with Gasteiger partial charge in [0.2, 0.25) is 0 Å². The number of benzene rings is 4. The molecule has 0 saturated carbocycles. The van der Waals surface area contributed by atoms with E-state index < -0.39 is 5.41 Å². The van der Waals surface area contributed by atoms with Crippen molar-refractivity contribution in [2.75, 3.05) is 14.2 Å². The number of hydrogen-bond acceptors (Lipinski definition) is 3. The Labute approximate surface area is 191 Å². The highest BCUT2D eigenvalue weighted by atomic mass is 79.9. The summed E-state index contributed by atoms with van der Waals surface area (Å²) in [5.74, 6) is 1.83. The highest BCUT2D eigenvalue weighted by Crippen LogP contribution is 2.46. The third-order valence-electron chi connectivity index (χ3n) is 5.62. The molecular weight excluding hydrogens is 452 g/mol. The Kier molecular flexibility index (Phi) is 6.01. The minimum absolute atomic E-state index is 0.234. The average molecular weight is 475 g/mol. The molecule has 0 aliphatic rings. The summed E-state index contributed by atoms with van der Waals surface area (Å²) in [4.78, 5) is 0. The number of ether oxygens (including phenoxy) is 2. The average Bonchev–Trinajstić information content (AvgIpc) is 2.82. The summed E-state index contributed by atoms with van der Waals surface area (Å²) in [6.07, 6.45) is 0. The molecule has 0 aliphatic carbocycles. The van der Waals surface area contributed by atoms with Crippen molar-refractivity contribution in [1.29, 1.82) is 0 Å². The normalized spacial score (nSPS) is 11.2. The highest BCUT2D eigenvalue weighted by molar-refractivity contribution is 9.10. The molecule has 4 rings (SSSR count). The maximum atomic E-state index is 9.97. The molecule has 0 aromatic heterocycles. The van der Waals surface area contributed by atoms with Crippen LogP contribution < -0.4 is 9.47 Å². The molecule has 0 bridgehead atoms. The topological polar surface area (TPSA) is 38.7 Å². The van der Waals surface area contributed by atoms with E-state index in [2.05, 4.69) is 64.5 Å². The summed E-state index contributed by atoms with van der Waals surface area (Å²) >= 11 is 3.56. The molecule has 0 fully saturated rings. The molecule has 1 N–H and O–H groups in total. The second-order valence-electron chi connectivity index (χ2n) is 7.26. The van der Waals surface area contributed by atoms with E-state index in [9.17, 15) is 5.11 Å². The summed E-state index contributed by atoms with van der Waals surface area (Å²) < 4.78 is 11.8. The van der Waals surface area contributed by atoms with Crippen LogP contribution in [-0.4, -0.2) is 19.3 Å². The van der Waals surface area contributed by atoms with E-state index in [0.29, 0.717) is 0 Å². The van der Waals surface area contributed by atoms with Gasteiger partial charge >= 0.3 is 0 Å². The van der Waals surface area contributed by atoms with Crippen molar-refractivity contribution < 1.29 is 14.6 Å². The maximum Gasteiger partial charge on any atom is 0.118 e. The van der Waals surface area contributed by atoms with Crippen molar-refractivity contribution in [3.05, 3.63) is 124 Å². The fourth-order valence-electron chi connectivity index (χ4n) is 4.09. The monoisotopic (exact) mass is 474 g/mol. The Bertz CT molecular complexity index is 1040. The van der Waals surface area contributed by atoms with Crippen molar-refractivity contribution in [2.45, 2.75) is 5.41 Å². The van der Waals surface area contributed by atoms with Crippen LogP contribution in [0.25, 0.3) is 0 Å². The second-order valence-corrected chi connectivity index (χ2v) is 8.18. The summed E-state index contributed by atoms with van der Waals surface area (Å²) in [6, 6.07) is 32.1. The van der Waals surface area contributed by atoms with Crippen LogP contribution >= 0.6 is 15.9 Å². The Hall–Kier alpha value is -3.24. The molecule has 4 aromatic carbocycles. The van der Waals surface area contributed by atoms with Gasteiger partial charge in [-0.3, -0.25) is 0 Å². The minimum atomic E-state index is -0.604. The molecule has 0 amide bonds. The quantitative estimate of drug-likeness (QED) is 0.321. The number of phenols is 1. The summed E-state index contributed by atoms with van der Waals surface area (Å²) in [7, 11) is 3.33. The van der Waals surface area contributed by atoms with Gasteiger partial charge in [-0.25, -0.2) is 0 Å². The van der Waals surface area contributed by atoms with E-state index in [1.165, 1.54) is 0 Å². The van der Waals surface area contributed by atoms with Gasteiger partial charge in [-0.05, 0) is 70.8 Å². The molecule has 4 heteroatoms. The summed E-state index contributed by atoms with van der Waals surface area (Å²) in [5.41, 5.74) is 3.73. The van der Waals surface area contributed by atoms with Crippen LogP contribution in [0.4, 0.5) is 0 Å². The standard InChI is InChI=1S/C27H23BrO3/c1-30-25-15-7-21(8-16-25)27(19-3-11-23(28)12-4-19,20-5-13-24(29)14-6-20)22-9-17-26(31-2)18-10-22/h3-18,29H,1-2H3. The molecule has 0 atom stereocenters. The van der Waals surface area contributed by atoms with Crippen LogP contribution in [-0.2, 0) is 5.41 Å². The first kappa shape index (κ1) is 21.0. The van der Waals surface area contributed by atoms with Gasteiger partial charge < -0.3 is 14.6 Å². The molecule has 31 heavy (non-hydrogen) atoms. The van der Waals surface area contributed by atoms with Crippen molar-refractivity contribution >= 4 is 15.9 Å². The zero-order valence-corrected chi connectivity index (χ0v) is 19.0. The first-order valence-electron chi connectivity index (χ1n) is 9.92. The van der Waals surface area contributed by atoms with E-state index in [-0.39, 0.29) is 5.75 Å². The van der Waals surface area contributed by atoms with Crippen molar-refractivity contribution in [2.24, 2.45) is 0 Å². The molecule has 156 valence electrons. The van der Waals surface area contributed by atoms with E-state index in [1.807, 2.05) is 36.4 Å². The highest BCUT2D eigenvalue weighted by Gasteiger charge is 2.38. The van der Waals surface area contributed by atoms with Gasteiger partial charge in [-0.2, -0.15) is 0 Å². The SMILES string of the molecule is COc1ccc(C(c2ccc(O)cc2)(c2ccc(Br)cc2)c2ccc(OC)cc2)cc1. The zero-order chi connectivity index (χ0) is 21.8. The molecule has 0 unspecified atom stereocenters. The van der Waals surface area contributed by atoms with Crippen molar-refractivity contribution in [3.8, 4) is 17.2 Å². The molecule has 0 aliphatic heterocycles. The third-order valence-corrected chi connectivity index (χ3v) is 6.15. The maximum absolute atomic E-state index is 9.97. The molecule has 0 radical (unpaired) electrons. The number of phenolic OH excluding ortho intramolecular Hbond substituents is 1. The van der Waals surface area contributed by atoms with Crippen LogP contribution in [0.2, 0.25) is 0 Å². The fourth-order valence-corrected chi connectivity index (χ4v) is 4.36. The zero-order valence-electron chi connectivity index (χ0n) is 17.4. The van der Waals surface area contributed by atoms with Gasteiger partial charge in [-0.1, -0.05) is 64.5 Å². The minimum Gasteiger partial charge on any atom is -0.508 e. The Balaban J connectivity index is 2.08. The third kappa shape index (κ3) is 3.91. The van der Waals surface area contributed by atoms with Crippen LogP contribution in [0.3, 0.4) is 0 Å². The number of rotatable bonds is 6. The van der Waals surface area contributed by atoms with Gasteiger partial charge in [0.25, 0.3) is 0 Å². The van der Waals surface area contributed by atoms with Gasteiger partial charge in [0.1, 0.15) is 17.2 Å². The van der Waals surface area contributed by atoms with Crippen molar-refractivity contribution in [1.82, 2.24) is 0 Å². The van der Waals surface area contributed by atoms with Crippen LogP contribution in [0.5, 0.6) is 17.2 Å². The lowest BCUT2D eigenvalue weighted by atomic mass is 9.65. The molecular formula is C27H23BrO3. The smallest absolute Gasteiger partial charge is 0.118 e. The predicted molar refractivity (Wildman–Crippen MR) is 127 cm³/mol. The van der Waals surface area contributed by atoms with E-state index >= 15 is 0 Å². The molecule has 0 heterocycles. The Morgan fingerprint density at radius 1 is 0.548 bits per heavy atom. The predicted octanol–water partition coefficient (Wildman–Crippen LogP) is 6.55. The van der Waals surface area contributed by atoms with Crippen LogP contribution in [0.15, 0.2) is 102 Å². The number of hydrogen-bond donors (Lipinski definition) is 1. The lowest BCUT2D eigenvalue weighted by molar-refractivity contribution is 0.414. The molecule has 3 nitrogen and oxygen atoms in total. The largest absolute Gasteiger partial charge is 0.508 e. The van der Waals surface area contributed by atoms with Gasteiger partial charge in [0, 0.05) is 4.47 Å².